The fourth-order valence-electron chi connectivity index (χ4n) is 1.84. The third-order valence-corrected chi connectivity index (χ3v) is 3.68. The molecule has 0 aromatic heterocycles. The fourth-order valence-corrected chi connectivity index (χ4v) is 2.42. The number of halogens is 5. The minimum Gasteiger partial charge on any atom is -0.444 e. The molecular weight excluding hydrogens is 395 g/mol. The largest absolute Gasteiger partial charge is 0.444 e. The van der Waals surface area contributed by atoms with Gasteiger partial charge in [0.05, 0.1) is 5.69 Å². The first kappa shape index (κ1) is 23.0. The second-order valence-electron chi connectivity index (χ2n) is 6.38. The predicted molar refractivity (Wildman–Crippen MR) is 91.3 cm³/mol. The maximum Gasteiger partial charge on any atom is 0.441 e. The SMILES string of the molecule is CC(C)(C)OC(=O)NC(CCSC(F)(F)F)C(=O)N(F)c1ccc(F)cc1. The number of carbonyl (C=O) groups excluding carboxylic acids is 2. The average Bonchev–Trinajstić information content (AvgIpc) is 2.50. The van der Waals surface area contributed by atoms with Crippen molar-refractivity contribution in [3.05, 3.63) is 30.1 Å². The third kappa shape index (κ3) is 8.94. The maximum absolute atomic E-state index is 14.3. The van der Waals surface area contributed by atoms with E-state index in [2.05, 4.69) is 5.32 Å². The van der Waals surface area contributed by atoms with Crippen LogP contribution in [0.25, 0.3) is 0 Å². The van der Waals surface area contributed by atoms with Gasteiger partial charge in [0.1, 0.15) is 17.5 Å². The van der Waals surface area contributed by atoms with Crippen LogP contribution < -0.4 is 10.4 Å². The predicted octanol–water partition coefficient (Wildman–Crippen LogP) is 4.58. The summed E-state index contributed by atoms with van der Waals surface area (Å²) in [5.41, 5.74) is -5.79. The van der Waals surface area contributed by atoms with E-state index in [1.54, 1.807) is 20.8 Å². The van der Waals surface area contributed by atoms with Gasteiger partial charge in [-0.15, -0.1) is 5.12 Å². The molecule has 11 heteroatoms. The third-order valence-electron chi connectivity index (χ3n) is 2.91. The van der Waals surface area contributed by atoms with Crippen LogP contribution in [0.4, 0.5) is 32.5 Å². The normalized spacial score (nSPS) is 13.0. The lowest BCUT2D eigenvalue weighted by Crippen LogP contribution is -2.48. The van der Waals surface area contributed by atoms with E-state index in [4.69, 9.17) is 4.74 Å². The van der Waals surface area contributed by atoms with Crippen LogP contribution in [-0.4, -0.2) is 34.9 Å². The molecule has 1 aromatic carbocycles. The number of thioether (sulfide) groups is 1. The van der Waals surface area contributed by atoms with Crippen LogP contribution in [0, 0.1) is 5.82 Å². The molecule has 0 radical (unpaired) electrons. The van der Waals surface area contributed by atoms with Crippen molar-refractivity contribution in [1.29, 1.82) is 0 Å². The highest BCUT2D eigenvalue weighted by atomic mass is 32.2. The molecule has 5 nitrogen and oxygen atoms in total. The lowest BCUT2D eigenvalue weighted by molar-refractivity contribution is -0.123. The topological polar surface area (TPSA) is 58.6 Å². The monoisotopic (exact) mass is 414 g/mol. The molecule has 0 aliphatic carbocycles. The van der Waals surface area contributed by atoms with Crippen molar-refractivity contribution >= 4 is 29.4 Å². The Morgan fingerprint density at radius 2 is 1.74 bits per heavy atom. The highest BCUT2D eigenvalue weighted by molar-refractivity contribution is 8.00. The van der Waals surface area contributed by atoms with Crippen LogP contribution in [0.5, 0.6) is 0 Å². The lowest BCUT2D eigenvalue weighted by atomic mass is 10.2. The van der Waals surface area contributed by atoms with Crippen LogP contribution in [0.2, 0.25) is 0 Å². The Morgan fingerprint density at radius 1 is 1.19 bits per heavy atom. The molecule has 1 N–H and O–H groups in total. The summed E-state index contributed by atoms with van der Waals surface area (Å²) in [5.74, 6) is -2.56. The van der Waals surface area contributed by atoms with Gasteiger partial charge < -0.3 is 10.1 Å². The van der Waals surface area contributed by atoms with Crippen molar-refractivity contribution in [2.45, 2.75) is 44.3 Å². The number of alkyl halides is 3. The van der Waals surface area contributed by atoms with Crippen LogP contribution >= 0.6 is 11.8 Å². The van der Waals surface area contributed by atoms with E-state index in [9.17, 15) is 31.6 Å². The van der Waals surface area contributed by atoms with E-state index in [1.807, 2.05) is 0 Å². The van der Waals surface area contributed by atoms with E-state index < -0.39 is 58.9 Å². The number of anilines is 1. The number of rotatable bonds is 6. The van der Waals surface area contributed by atoms with E-state index in [1.165, 1.54) is 0 Å². The molecule has 0 saturated heterocycles. The van der Waals surface area contributed by atoms with E-state index in [-0.39, 0.29) is 10.8 Å². The van der Waals surface area contributed by atoms with Crippen molar-refractivity contribution in [1.82, 2.24) is 5.32 Å². The number of nitrogens with one attached hydrogen (secondary N) is 1. The Bertz CT molecular complexity index is 647. The van der Waals surface area contributed by atoms with E-state index in [0.717, 1.165) is 24.3 Å². The molecule has 0 aliphatic heterocycles. The number of carbonyl (C=O) groups is 2. The standard InChI is InChI=1S/C16H19F5N2O3S/c1-15(2,3)26-14(25)22-12(8-9-27-16(18,19)20)13(24)23(21)11-6-4-10(17)5-7-11/h4-7,12H,8-9H2,1-3H3,(H,22,25). The number of alkyl carbamates (subject to hydrolysis) is 1. The molecule has 1 aromatic rings. The molecule has 1 unspecified atom stereocenters. The number of hydrogen-bond acceptors (Lipinski definition) is 4. The quantitative estimate of drug-likeness (QED) is 0.547. The summed E-state index contributed by atoms with van der Waals surface area (Å²) in [6.07, 6.45) is -1.57. The first-order chi connectivity index (χ1) is 12.3. The van der Waals surface area contributed by atoms with Crippen LogP contribution in [0.1, 0.15) is 27.2 Å². The second-order valence-corrected chi connectivity index (χ2v) is 7.54. The first-order valence-electron chi connectivity index (χ1n) is 7.74. The van der Waals surface area contributed by atoms with Gasteiger partial charge in [0.15, 0.2) is 0 Å². The Labute approximate surface area is 157 Å². The average molecular weight is 414 g/mol. The van der Waals surface area contributed by atoms with Crippen LogP contribution in [0.3, 0.4) is 0 Å². The molecule has 0 spiro atoms. The van der Waals surface area contributed by atoms with Crippen molar-refractivity contribution < 1.29 is 36.4 Å². The Morgan fingerprint density at radius 3 is 2.22 bits per heavy atom. The van der Waals surface area contributed by atoms with Gasteiger partial charge in [-0.1, -0.05) is 16.2 Å². The second kappa shape index (κ2) is 9.25. The summed E-state index contributed by atoms with van der Waals surface area (Å²) < 4.78 is 69.1. The number of amides is 2. The van der Waals surface area contributed by atoms with Gasteiger partial charge in [-0.25, -0.2) is 9.18 Å². The summed E-state index contributed by atoms with van der Waals surface area (Å²) in [6, 6.07) is 2.16. The maximum atomic E-state index is 14.3. The Hall–Kier alpha value is -2.04. The molecule has 0 heterocycles. The molecule has 0 saturated carbocycles. The summed E-state index contributed by atoms with van der Waals surface area (Å²) in [4.78, 5) is 24.1. The number of benzene rings is 1. The Balaban J connectivity index is 2.88. The summed E-state index contributed by atoms with van der Waals surface area (Å²) in [5, 5.41) is 1.71. The summed E-state index contributed by atoms with van der Waals surface area (Å²) >= 11 is -0.406. The lowest BCUT2D eigenvalue weighted by Gasteiger charge is -2.24. The van der Waals surface area contributed by atoms with Gasteiger partial charge in [0.25, 0.3) is 5.91 Å². The van der Waals surface area contributed by atoms with Gasteiger partial charge in [0.2, 0.25) is 0 Å². The number of ether oxygens (including phenoxy) is 1. The van der Waals surface area contributed by atoms with Gasteiger partial charge >= 0.3 is 11.6 Å². The molecular formula is C16H19F5N2O3S. The number of nitrogens with zero attached hydrogens (tertiary/aromatic N) is 1. The molecule has 0 fully saturated rings. The van der Waals surface area contributed by atoms with Crippen LogP contribution in [0.15, 0.2) is 24.3 Å². The smallest absolute Gasteiger partial charge is 0.441 e. The van der Waals surface area contributed by atoms with Crippen molar-refractivity contribution in [2.75, 3.05) is 10.9 Å². The molecule has 152 valence electrons. The zero-order valence-corrected chi connectivity index (χ0v) is 15.6. The molecule has 27 heavy (non-hydrogen) atoms. The minimum absolute atomic E-state index is 0.333. The first-order valence-corrected chi connectivity index (χ1v) is 8.72. The minimum atomic E-state index is -4.54. The summed E-state index contributed by atoms with van der Waals surface area (Å²) in [6.45, 7) is 4.63. The molecule has 0 bridgehead atoms. The summed E-state index contributed by atoms with van der Waals surface area (Å²) in [7, 11) is 0. The van der Waals surface area contributed by atoms with Gasteiger partial charge in [-0.05, 0) is 51.5 Å². The van der Waals surface area contributed by atoms with Crippen LogP contribution in [-0.2, 0) is 9.53 Å². The fraction of sp³-hybridized carbons (Fsp3) is 0.500. The van der Waals surface area contributed by atoms with Crippen molar-refractivity contribution in [3.63, 3.8) is 0 Å². The molecule has 1 atom stereocenters. The zero-order chi connectivity index (χ0) is 20.8. The van der Waals surface area contributed by atoms with E-state index in [0.29, 0.717) is 0 Å². The molecule has 1 rings (SSSR count). The molecule has 2 amide bonds. The van der Waals surface area contributed by atoms with Gasteiger partial charge in [-0.3, -0.25) is 4.79 Å². The molecule has 0 aliphatic rings. The van der Waals surface area contributed by atoms with Gasteiger partial charge in [0, 0.05) is 5.75 Å². The van der Waals surface area contributed by atoms with Crippen molar-refractivity contribution in [2.24, 2.45) is 0 Å². The highest BCUT2D eigenvalue weighted by Gasteiger charge is 2.32. The van der Waals surface area contributed by atoms with E-state index >= 15 is 0 Å². The Kier molecular flexibility index (Phi) is 7.88. The van der Waals surface area contributed by atoms with Crippen molar-refractivity contribution in [3.8, 4) is 0 Å². The highest BCUT2D eigenvalue weighted by Crippen LogP contribution is 2.31. The van der Waals surface area contributed by atoms with Gasteiger partial charge in [-0.2, -0.15) is 13.2 Å². The number of hydrogen-bond donors (Lipinski definition) is 1. The zero-order valence-electron chi connectivity index (χ0n) is 14.8.